The molecule has 1 aromatic carbocycles. The molecule has 0 aliphatic rings. The molecule has 2 heteroatoms. The fraction of sp³-hybridized carbons (Fsp3) is 0.571. The van der Waals surface area contributed by atoms with Gasteiger partial charge >= 0.3 is 0 Å². The van der Waals surface area contributed by atoms with Gasteiger partial charge in [-0.1, -0.05) is 45.0 Å². The van der Waals surface area contributed by atoms with E-state index in [4.69, 9.17) is 5.73 Å². The van der Waals surface area contributed by atoms with Gasteiger partial charge in [0, 0.05) is 19.1 Å². The molecule has 1 atom stereocenters. The van der Waals surface area contributed by atoms with Crippen molar-refractivity contribution in [2.75, 3.05) is 6.54 Å². The van der Waals surface area contributed by atoms with E-state index in [0.717, 1.165) is 13.1 Å². The predicted molar refractivity (Wildman–Crippen MR) is 70.5 cm³/mol. The van der Waals surface area contributed by atoms with Crippen molar-refractivity contribution < 1.29 is 0 Å². The van der Waals surface area contributed by atoms with Crippen molar-refractivity contribution in [2.45, 2.75) is 45.7 Å². The van der Waals surface area contributed by atoms with Crippen LogP contribution in [0.15, 0.2) is 24.3 Å². The van der Waals surface area contributed by atoms with Crippen LogP contribution in [0.3, 0.4) is 0 Å². The molecule has 2 nitrogen and oxygen atoms in total. The molecule has 3 N–H and O–H groups in total. The molecule has 0 aliphatic heterocycles. The largest absolute Gasteiger partial charge is 0.327 e. The summed E-state index contributed by atoms with van der Waals surface area (Å²) in [5, 5.41) is 3.33. The van der Waals surface area contributed by atoms with Crippen molar-refractivity contribution in [3.63, 3.8) is 0 Å². The molecule has 16 heavy (non-hydrogen) atoms. The Morgan fingerprint density at radius 3 is 2.19 bits per heavy atom. The second-order valence-electron chi connectivity index (χ2n) is 5.56. The Hall–Kier alpha value is -0.860. The van der Waals surface area contributed by atoms with E-state index in [1.54, 1.807) is 0 Å². The van der Waals surface area contributed by atoms with Gasteiger partial charge < -0.3 is 11.1 Å². The first-order valence-corrected chi connectivity index (χ1v) is 5.95. The zero-order chi connectivity index (χ0) is 12.2. The van der Waals surface area contributed by atoms with Crippen LogP contribution in [-0.2, 0) is 12.0 Å². The van der Waals surface area contributed by atoms with Crippen LogP contribution in [0.1, 0.15) is 38.8 Å². The molecule has 90 valence electrons. The van der Waals surface area contributed by atoms with Crippen LogP contribution in [0.4, 0.5) is 0 Å². The molecule has 0 spiro atoms. The molecular weight excluding hydrogens is 196 g/mol. The summed E-state index contributed by atoms with van der Waals surface area (Å²) in [5.74, 6) is 0. The number of hydrogen-bond acceptors (Lipinski definition) is 2. The third-order valence-corrected chi connectivity index (χ3v) is 2.62. The van der Waals surface area contributed by atoms with Crippen LogP contribution in [0.2, 0.25) is 0 Å². The van der Waals surface area contributed by atoms with Crippen LogP contribution in [0.5, 0.6) is 0 Å². The van der Waals surface area contributed by atoms with Gasteiger partial charge in [0.05, 0.1) is 0 Å². The monoisotopic (exact) mass is 220 g/mol. The molecule has 0 radical (unpaired) electrons. The highest BCUT2D eigenvalue weighted by Gasteiger charge is 2.12. The van der Waals surface area contributed by atoms with E-state index in [0.29, 0.717) is 0 Å². The summed E-state index contributed by atoms with van der Waals surface area (Å²) in [4.78, 5) is 0. The Morgan fingerprint density at radius 1 is 1.19 bits per heavy atom. The minimum Gasteiger partial charge on any atom is -0.327 e. The average molecular weight is 220 g/mol. The SMILES string of the molecule is CC(N)CNCc1ccc(C(C)(C)C)cc1. The van der Waals surface area contributed by atoms with Gasteiger partial charge in [0.25, 0.3) is 0 Å². The highest BCUT2D eigenvalue weighted by molar-refractivity contribution is 5.27. The quantitative estimate of drug-likeness (QED) is 0.818. The first-order valence-electron chi connectivity index (χ1n) is 5.95. The number of benzene rings is 1. The second-order valence-corrected chi connectivity index (χ2v) is 5.56. The van der Waals surface area contributed by atoms with Crippen LogP contribution < -0.4 is 11.1 Å². The average Bonchev–Trinajstić information content (AvgIpc) is 2.16. The molecular formula is C14H24N2. The molecule has 0 saturated heterocycles. The molecule has 0 saturated carbocycles. The lowest BCUT2D eigenvalue weighted by Gasteiger charge is -2.19. The van der Waals surface area contributed by atoms with Crippen LogP contribution in [0, 0.1) is 0 Å². The third kappa shape index (κ3) is 4.33. The first kappa shape index (κ1) is 13.2. The third-order valence-electron chi connectivity index (χ3n) is 2.62. The van der Waals surface area contributed by atoms with E-state index >= 15 is 0 Å². The van der Waals surface area contributed by atoms with E-state index < -0.39 is 0 Å². The molecule has 0 heterocycles. The Labute approximate surface area is 99.2 Å². The van der Waals surface area contributed by atoms with Gasteiger partial charge in [0.1, 0.15) is 0 Å². The minimum atomic E-state index is 0.217. The molecule has 1 unspecified atom stereocenters. The number of nitrogens with one attached hydrogen (secondary N) is 1. The first-order chi connectivity index (χ1) is 7.39. The molecule has 0 amide bonds. The van der Waals surface area contributed by atoms with Crippen molar-refractivity contribution in [3.8, 4) is 0 Å². The minimum absolute atomic E-state index is 0.217. The number of hydrogen-bond donors (Lipinski definition) is 2. The zero-order valence-corrected chi connectivity index (χ0v) is 10.9. The van der Waals surface area contributed by atoms with Crippen molar-refractivity contribution in [2.24, 2.45) is 5.73 Å². The molecule has 0 fully saturated rings. The van der Waals surface area contributed by atoms with Crippen molar-refractivity contribution in [1.82, 2.24) is 5.32 Å². The fourth-order valence-electron chi connectivity index (χ4n) is 1.57. The van der Waals surface area contributed by atoms with Crippen molar-refractivity contribution in [1.29, 1.82) is 0 Å². The van der Waals surface area contributed by atoms with E-state index in [1.165, 1.54) is 11.1 Å². The lowest BCUT2D eigenvalue weighted by Crippen LogP contribution is -2.30. The maximum absolute atomic E-state index is 5.68. The van der Waals surface area contributed by atoms with Gasteiger partial charge in [-0.15, -0.1) is 0 Å². The Balaban J connectivity index is 2.52. The van der Waals surface area contributed by atoms with Gasteiger partial charge in [-0.2, -0.15) is 0 Å². The van der Waals surface area contributed by atoms with Crippen LogP contribution in [-0.4, -0.2) is 12.6 Å². The summed E-state index contributed by atoms with van der Waals surface area (Å²) < 4.78 is 0. The van der Waals surface area contributed by atoms with Gasteiger partial charge in [-0.05, 0) is 23.5 Å². The highest BCUT2D eigenvalue weighted by atomic mass is 14.9. The van der Waals surface area contributed by atoms with Gasteiger partial charge in [0.2, 0.25) is 0 Å². The summed E-state index contributed by atoms with van der Waals surface area (Å²) in [6.07, 6.45) is 0. The number of nitrogens with two attached hydrogens (primary N) is 1. The van der Waals surface area contributed by atoms with E-state index in [2.05, 4.69) is 50.4 Å². The van der Waals surface area contributed by atoms with E-state index in [-0.39, 0.29) is 11.5 Å². The predicted octanol–water partition coefficient (Wildman–Crippen LogP) is 2.42. The van der Waals surface area contributed by atoms with Gasteiger partial charge in [0.15, 0.2) is 0 Å². The van der Waals surface area contributed by atoms with Crippen molar-refractivity contribution >= 4 is 0 Å². The molecule has 0 bridgehead atoms. The lowest BCUT2D eigenvalue weighted by molar-refractivity contribution is 0.588. The van der Waals surface area contributed by atoms with Gasteiger partial charge in [-0.25, -0.2) is 0 Å². The summed E-state index contributed by atoms with van der Waals surface area (Å²) in [6, 6.07) is 9.02. The zero-order valence-electron chi connectivity index (χ0n) is 10.9. The van der Waals surface area contributed by atoms with Crippen molar-refractivity contribution in [3.05, 3.63) is 35.4 Å². The molecule has 0 aromatic heterocycles. The maximum Gasteiger partial charge on any atom is 0.0206 e. The molecule has 1 rings (SSSR count). The lowest BCUT2D eigenvalue weighted by atomic mass is 9.87. The topological polar surface area (TPSA) is 38.0 Å². The molecule has 0 aliphatic carbocycles. The Kier molecular flexibility index (Phi) is 4.51. The summed E-state index contributed by atoms with van der Waals surface area (Å²) in [5.41, 5.74) is 8.60. The second kappa shape index (κ2) is 5.46. The fourth-order valence-corrected chi connectivity index (χ4v) is 1.57. The van der Waals surface area contributed by atoms with E-state index in [1.807, 2.05) is 6.92 Å². The van der Waals surface area contributed by atoms with Gasteiger partial charge in [-0.3, -0.25) is 0 Å². The van der Waals surface area contributed by atoms with Crippen LogP contribution >= 0.6 is 0 Å². The maximum atomic E-state index is 5.68. The van der Waals surface area contributed by atoms with E-state index in [9.17, 15) is 0 Å². The normalized spacial score (nSPS) is 13.8. The van der Waals surface area contributed by atoms with Crippen LogP contribution in [0.25, 0.3) is 0 Å². The molecule has 1 aromatic rings. The Morgan fingerprint density at radius 2 is 1.75 bits per heavy atom. The summed E-state index contributed by atoms with van der Waals surface area (Å²) in [6.45, 7) is 10.5. The highest BCUT2D eigenvalue weighted by Crippen LogP contribution is 2.21. The standard InChI is InChI=1S/C14H24N2/c1-11(15)9-16-10-12-5-7-13(8-6-12)14(2,3)4/h5-8,11,16H,9-10,15H2,1-4H3. The number of rotatable bonds is 4. The Bertz CT molecular complexity index is 307. The summed E-state index contributed by atoms with van der Waals surface area (Å²) in [7, 11) is 0. The smallest absolute Gasteiger partial charge is 0.0206 e. The summed E-state index contributed by atoms with van der Waals surface area (Å²) >= 11 is 0.